The molecule has 0 atom stereocenters. The molecule has 0 unspecified atom stereocenters. The molecule has 0 amide bonds. The monoisotopic (exact) mass is 226 g/mol. The van der Waals surface area contributed by atoms with Gasteiger partial charge in [0.2, 0.25) is 0 Å². The lowest BCUT2D eigenvalue weighted by atomic mass is 9.51. The minimum Gasteiger partial charge on any atom is -0.469 e. The fraction of sp³-hybridized carbons (Fsp3) is 0.833. The average Bonchev–Trinajstić information content (AvgIpc) is 2.17. The zero-order valence-corrected chi connectivity index (χ0v) is 9.82. The van der Waals surface area contributed by atoms with Crippen molar-refractivity contribution in [1.82, 2.24) is 0 Å². The van der Waals surface area contributed by atoms with Crippen LogP contribution in [0.25, 0.3) is 0 Å². The van der Waals surface area contributed by atoms with Crippen molar-refractivity contribution in [3.63, 3.8) is 0 Å². The molecule has 2 rings (SSSR count). The van der Waals surface area contributed by atoms with Crippen molar-refractivity contribution in [2.45, 2.75) is 32.1 Å². The van der Waals surface area contributed by atoms with Crippen LogP contribution in [0, 0.1) is 17.3 Å². The molecule has 2 aliphatic rings. The second-order valence-electron chi connectivity index (χ2n) is 4.90. The van der Waals surface area contributed by atoms with Gasteiger partial charge in [0.05, 0.1) is 25.6 Å². The van der Waals surface area contributed by atoms with Gasteiger partial charge in [-0.2, -0.15) is 0 Å². The summed E-state index contributed by atoms with van der Waals surface area (Å²) < 4.78 is 9.59. The van der Waals surface area contributed by atoms with Crippen molar-refractivity contribution in [1.29, 1.82) is 0 Å². The molecule has 90 valence electrons. The molecule has 0 bridgehead atoms. The number of esters is 2. The first-order valence-corrected chi connectivity index (χ1v) is 5.80. The Kier molecular flexibility index (Phi) is 2.91. The summed E-state index contributed by atoms with van der Waals surface area (Å²) in [6.07, 6.45) is 4.58. The van der Waals surface area contributed by atoms with Crippen LogP contribution in [0.4, 0.5) is 0 Å². The standard InChI is InChI=1S/C12H18O4/c1-15-10(13)8-6-12(7-8,11(14)16-2)9-4-3-5-9/h8-9H,3-7H2,1-2H3. The van der Waals surface area contributed by atoms with E-state index in [9.17, 15) is 9.59 Å². The van der Waals surface area contributed by atoms with Crippen LogP contribution in [0.5, 0.6) is 0 Å². The molecule has 0 N–H and O–H groups in total. The molecule has 0 heterocycles. The van der Waals surface area contributed by atoms with E-state index in [1.165, 1.54) is 20.6 Å². The Hall–Kier alpha value is -1.06. The van der Waals surface area contributed by atoms with E-state index in [2.05, 4.69) is 0 Å². The first kappa shape index (κ1) is 11.4. The second kappa shape index (κ2) is 4.07. The van der Waals surface area contributed by atoms with Gasteiger partial charge in [-0.3, -0.25) is 9.59 Å². The third-order valence-corrected chi connectivity index (χ3v) is 4.23. The highest BCUT2D eigenvalue weighted by molar-refractivity contribution is 5.83. The van der Waals surface area contributed by atoms with E-state index in [0.29, 0.717) is 18.8 Å². The first-order chi connectivity index (χ1) is 7.64. The number of hydrogen-bond acceptors (Lipinski definition) is 4. The van der Waals surface area contributed by atoms with Crippen LogP contribution in [-0.2, 0) is 19.1 Å². The fourth-order valence-corrected chi connectivity index (χ4v) is 2.98. The Bertz CT molecular complexity index is 300. The zero-order chi connectivity index (χ0) is 11.8. The smallest absolute Gasteiger partial charge is 0.312 e. The van der Waals surface area contributed by atoms with Gasteiger partial charge in [-0.25, -0.2) is 0 Å². The molecule has 0 aromatic carbocycles. The summed E-state index contributed by atoms with van der Waals surface area (Å²) in [5.41, 5.74) is -0.383. The third kappa shape index (κ3) is 1.51. The largest absolute Gasteiger partial charge is 0.469 e. The molecule has 4 nitrogen and oxygen atoms in total. The van der Waals surface area contributed by atoms with Crippen LogP contribution in [0.15, 0.2) is 0 Å². The molecular formula is C12H18O4. The number of hydrogen-bond donors (Lipinski definition) is 0. The molecule has 0 spiro atoms. The lowest BCUT2D eigenvalue weighted by Gasteiger charge is -2.51. The van der Waals surface area contributed by atoms with Gasteiger partial charge >= 0.3 is 11.9 Å². The van der Waals surface area contributed by atoms with Crippen LogP contribution in [-0.4, -0.2) is 26.2 Å². The molecule has 0 aliphatic heterocycles. The van der Waals surface area contributed by atoms with E-state index in [-0.39, 0.29) is 23.3 Å². The van der Waals surface area contributed by atoms with Gasteiger partial charge in [0.1, 0.15) is 0 Å². The molecule has 4 heteroatoms. The average molecular weight is 226 g/mol. The summed E-state index contributed by atoms with van der Waals surface area (Å²) in [6.45, 7) is 0. The van der Waals surface area contributed by atoms with E-state index >= 15 is 0 Å². The number of carbonyl (C=O) groups excluding carboxylic acids is 2. The molecule has 2 aliphatic carbocycles. The predicted molar refractivity (Wildman–Crippen MR) is 56.5 cm³/mol. The SMILES string of the molecule is COC(=O)C1CC(C(=O)OC)(C2CCC2)C1. The predicted octanol–water partition coefficient (Wildman–Crippen LogP) is 1.53. The van der Waals surface area contributed by atoms with E-state index in [1.807, 2.05) is 0 Å². The quantitative estimate of drug-likeness (QED) is 0.685. The molecule has 0 aromatic heterocycles. The third-order valence-electron chi connectivity index (χ3n) is 4.23. The van der Waals surface area contributed by atoms with E-state index in [4.69, 9.17) is 9.47 Å². The number of ether oxygens (including phenoxy) is 2. The first-order valence-electron chi connectivity index (χ1n) is 5.80. The van der Waals surface area contributed by atoms with Crippen LogP contribution in [0.1, 0.15) is 32.1 Å². The summed E-state index contributed by atoms with van der Waals surface area (Å²) in [6, 6.07) is 0. The Morgan fingerprint density at radius 1 is 1.12 bits per heavy atom. The molecular weight excluding hydrogens is 208 g/mol. The minimum absolute atomic E-state index is 0.107. The minimum atomic E-state index is -0.383. The summed E-state index contributed by atoms with van der Waals surface area (Å²) in [5, 5.41) is 0. The van der Waals surface area contributed by atoms with Crippen LogP contribution < -0.4 is 0 Å². The van der Waals surface area contributed by atoms with Gasteiger partial charge in [0.25, 0.3) is 0 Å². The molecule has 16 heavy (non-hydrogen) atoms. The molecule has 2 saturated carbocycles. The lowest BCUT2D eigenvalue weighted by Crippen LogP contribution is -2.54. The van der Waals surface area contributed by atoms with Gasteiger partial charge in [0.15, 0.2) is 0 Å². The fourth-order valence-electron chi connectivity index (χ4n) is 2.98. The maximum absolute atomic E-state index is 11.8. The summed E-state index contributed by atoms with van der Waals surface area (Å²) in [5.74, 6) is -0.0261. The van der Waals surface area contributed by atoms with Crippen LogP contribution in [0.2, 0.25) is 0 Å². The Morgan fingerprint density at radius 3 is 2.12 bits per heavy atom. The van der Waals surface area contributed by atoms with Gasteiger partial charge in [-0.1, -0.05) is 6.42 Å². The highest BCUT2D eigenvalue weighted by atomic mass is 16.5. The van der Waals surface area contributed by atoms with Crippen molar-refractivity contribution in [2.24, 2.45) is 17.3 Å². The van der Waals surface area contributed by atoms with Crippen LogP contribution >= 0.6 is 0 Å². The summed E-state index contributed by atoms with van der Waals surface area (Å²) in [7, 11) is 2.82. The van der Waals surface area contributed by atoms with E-state index in [1.54, 1.807) is 0 Å². The Labute approximate surface area is 95.3 Å². The number of methoxy groups -OCH3 is 2. The molecule has 0 radical (unpaired) electrons. The second-order valence-corrected chi connectivity index (χ2v) is 4.90. The van der Waals surface area contributed by atoms with E-state index < -0.39 is 0 Å². The lowest BCUT2D eigenvalue weighted by molar-refractivity contribution is -0.180. The highest BCUT2D eigenvalue weighted by Crippen LogP contribution is 2.57. The Balaban J connectivity index is 2.03. The summed E-state index contributed by atoms with van der Waals surface area (Å²) >= 11 is 0. The van der Waals surface area contributed by atoms with Gasteiger partial charge in [0, 0.05) is 0 Å². The maximum Gasteiger partial charge on any atom is 0.312 e. The number of rotatable bonds is 3. The molecule has 0 aromatic rings. The highest BCUT2D eigenvalue weighted by Gasteiger charge is 2.59. The van der Waals surface area contributed by atoms with Crippen LogP contribution in [0.3, 0.4) is 0 Å². The zero-order valence-electron chi connectivity index (χ0n) is 9.82. The maximum atomic E-state index is 11.8. The molecule has 0 saturated heterocycles. The van der Waals surface area contributed by atoms with Gasteiger partial charge < -0.3 is 9.47 Å². The van der Waals surface area contributed by atoms with Gasteiger partial charge in [-0.15, -0.1) is 0 Å². The normalized spacial score (nSPS) is 33.5. The molecule has 2 fully saturated rings. The number of carbonyl (C=O) groups is 2. The Morgan fingerprint density at radius 2 is 1.75 bits per heavy atom. The van der Waals surface area contributed by atoms with Crippen molar-refractivity contribution >= 4 is 11.9 Å². The van der Waals surface area contributed by atoms with Gasteiger partial charge in [-0.05, 0) is 31.6 Å². The van der Waals surface area contributed by atoms with Crippen molar-refractivity contribution in [2.75, 3.05) is 14.2 Å². The van der Waals surface area contributed by atoms with Crippen molar-refractivity contribution in [3.05, 3.63) is 0 Å². The van der Waals surface area contributed by atoms with Crippen molar-refractivity contribution < 1.29 is 19.1 Å². The van der Waals surface area contributed by atoms with E-state index in [0.717, 1.165) is 12.8 Å². The topological polar surface area (TPSA) is 52.6 Å². The summed E-state index contributed by atoms with van der Waals surface area (Å²) in [4.78, 5) is 23.2. The van der Waals surface area contributed by atoms with Crippen molar-refractivity contribution in [3.8, 4) is 0 Å².